The van der Waals surface area contributed by atoms with Crippen molar-refractivity contribution in [3.05, 3.63) is 29.8 Å². The molecule has 0 aliphatic heterocycles. The summed E-state index contributed by atoms with van der Waals surface area (Å²) < 4.78 is 26.7. The van der Waals surface area contributed by atoms with Crippen LogP contribution >= 0.6 is 0 Å². The zero-order valence-corrected chi connectivity index (χ0v) is 11.7. The summed E-state index contributed by atoms with van der Waals surface area (Å²) in [6.07, 6.45) is 0.838. The van der Waals surface area contributed by atoms with Gasteiger partial charge in [0.15, 0.2) is 0 Å². The SMILES string of the molecule is Cc1ccc(S(=O)(=O)N[C@@H](C)CC(C)C)cc1. The maximum Gasteiger partial charge on any atom is 0.240 e. The maximum absolute atomic E-state index is 12.0. The van der Waals surface area contributed by atoms with Gasteiger partial charge in [-0.25, -0.2) is 13.1 Å². The Bertz CT molecular complexity index is 449. The third-order valence-corrected chi connectivity index (χ3v) is 4.12. The van der Waals surface area contributed by atoms with Crippen LogP contribution in [0.4, 0.5) is 0 Å². The summed E-state index contributed by atoms with van der Waals surface area (Å²) in [6.45, 7) is 7.99. The van der Waals surface area contributed by atoms with Gasteiger partial charge in [-0.05, 0) is 38.3 Å². The molecule has 0 heterocycles. The monoisotopic (exact) mass is 255 g/mol. The first-order valence-corrected chi connectivity index (χ1v) is 7.38. The number of hydrogen-bond donors (Lipinski definition) is 1. The van der Waals surface area contributed by atoms with Gasteiger partial charge in [-0.3, -0.25) is 0 Å². The van der Waals surface area contributed by atoms with Crippen LogP contribution in [0.1, 0.15) is 32.8 Å². The minimum atomic E-state index is -3.37. The molecule has 1 aromatic carbocycles. The second-order valence-electron chi connectivity index (χ2n) is 4.96. The molecule has 0 amide bonds. The van der Waals surface area contributed by atoms with Gasteiger partial charge in [-0.1, -0.05) is 31.5 Å². The highest BCUT2D eigenvalue weighted by atomic mass is 32.2. The van der Waals surface area contributed by atoms with Gasteiger partial charge in [0.05, 0.1) is 4.90 Å². The van der Waals surface area contributed by atoms with Gasteiger partial charge in [-0.2, -0.15) is 0 Å². The highest BCUT2D eigenvalue weighted by molar-refractivity contribution is 7.89. The lowest BCUT2D eigenvalue weighted by Crippen LogP contribution is -2.33. The summed E-state index contributed by atoms with van der Waals surface area (Å²) in [5, 5.41) is 0. The van der Waals surface area contributed by atoms with Gasteiger partial charge in [0.25, 0.3) is 0 Å². The minimum Gasteiger partial charge on any atom is -0.208 e. The lowest BCUT2D eigenvalue weighted by molar-refractivity contribution is 0.482. The molecule has 0 saturated carbocycles. The molecule has 0 aromatic heterocycles. The van der Waals surface area contributed by atoms with Crippen molar-refractivity contribution in [1.29, 1.82) is 0 Å². The topological polar surface area (TPSA) is 46.2 Å². The molecular weight excluding hydrogens is 234 g/mol. The van der Waals surface area contributed by atoms with Crippen molar-refractivity contribution in [1.82, 2.24) is 4.72 Å². The van der Waals surface area contributed by atoms with Crippen LogP contribution in [-0.2, 0) is 10.0 Å². The lowest BCUT2D eigenvalue weighted by atomic mass is 10.1. The number of hydrogen-bond acceptors (Lipinski definition) is 2. The zero-order chi connectivity index (χ0) is 13.1. The minimum absolute atomic E-state index is 0.0405. The Hall–Kier alpha value is -0.870. The Morgan fingerprint density at radius 2 is 1.65 bits per heavy atom. The predicted molar refractivity (Wildman–Crippen MR) is 70.4 cm³/mol. The number of sulfonamides is 1. The van der Waals surface area contributed by atoms with Crippen LogP contribution in [0.25, 0.3) is 0 Å². The van der Waals surface area contributed by atoms with Crippen molar-refractivity contribution in [2.24, 2.45) is 5.92 Å². The fraction of sp³-hybridized carbons (Fsp3) is 0.538. The van der Waals surface area contributed by atoms with Crippen molar-refractivity contribution >= 4 is 10.0 Å². The first kappa shape index (κ1) is 14.2. The van der Waals surface area contributed by atoms with Crippen molar-refractivity contribution in [3.63, 3.8) is 0 Å². The van der Waals surface area contributed by atoms with Crippen molar-refractivity contribution in [2.75, 3.05) is 0 Å². The first-order chi connectivity index (χ1) is 7.81. The lowest BCUT2D eigenvalue weighted by Gasteiger charge is -2.16. The van der Waals surface area contributed by atoms with E-state index in [1.54, 1.807) is 12.1 Å². The molecule has 4 heteroatoms. The van der Waals surface area contributed by atoms with Crippen LogP contribution in [0.2, 0.25) is 0 Å². The van der Waals surface area contributed by atoms with E-state index < -0.39 is 10.0 Å². The smallest absolute Gasteiger partial charge is 0.208 e. The molecule has 0 unspecified atom stereocenters. The largest absolute Gasteiger partial charge is 0.240 e. The average molecular weight is 255 g/mol. The molecule has 96 valence electrons. The summed E-state index contributed by atoms with van der Waals surface area (Å²) in [4.78, 5) is 0.332. The molecule has 1 N–H and O–H groups in total. The fourth-order valence-electron chi connectivity index (χ4n) is 1.81. The number of nitrogens with one attached hydrogen (secondary N) is 1. The molecule has 0 aliphatic carbocycles. The third-order valence-electron chi connectivity index (χ3n) is 2.51. The van der Waals surface area contributed by atoms with Crippen LogP contribution < -0.4 is 4.72 Å². The molecule has 1 atom stereocenters. The van der Waals surface area contributed by atoms with E-state index in [-0.39, 0.29) is 6.04 Å². The van der Waals surface area contributed by atoms with Crippen LogP contribution in [-0.4, -0.2) is 14.5 Å². The molecule has 1 aromatic rings. The summed E-state index contributed by atoms with van der Waals surface area (Å²) in [7, 11) is -3.37. The van der Waals surface area contributed by atoms with E-state index in [1.165, 1.54) is 0 Å². The van der Waals surface area contributed by atoms with Crippen molar-refractivity contribution in [3.8, 4) is 0 Å². The normalized spacial score (nSPS) is 13.9. The molecule has 0 spiro atoms. The van der Waals surface area contributed by atoms with Gasteiger partial charge in [0.2, 0.25) is 10.0 Å². The molecule has 1 rings (SSSR count). The summed E-state index contributed by atoms with van der Waals surface area (Å²) in [6, 6.07) is 6.85. The summed E-state index contributed by atoms with van der Waals surface area (Å²) >= 11 is 0. The van der Waals surface area contributed by atoms with Crippen molar-refractivity contribution in [2.45, 2.75) is 45.1 Å². The first-order valence-electron chi connectivity index (χ1n) is 5.90. The second-order valence-corrected chi connectivity index (χ2v) is 6.68. The molecule has 0 saturated heterocycles. The van der Waals surface area contributed by atoms with Crippen LogP contribution in [0.5, 0.6) is 0 Å². The molecule has 0 fully saturated rings. The van der Waals surface area contributed by atoms with E-state index in [2.05, 4.69) is 18.6 Å². The van der Waals surface area contributed by atoms with Gasteiger partial charge >= 0.3 is 0 Å². The van der Waals surface area contributed by atoms with Crippen LogP contribution in [0, 0.1) is 12.8 Å². The maximum atomic E-state index is 12.0. The summed E-state index contributed by atoms with van der Waals surface area (Å²) in [5.41, 5.74) is 1.05. The Balaban J connectivity index is 2.78. The number of rotatable bonds is 5. The van der Waals surface area contributed by atoms with E-state index >= 15 is 0 Å². The second kappa shape index (κ2) is 5.65. The standard InChI is InChI=1S/C13H21NO2S/c1-10(2)9-12(4)14-17(15,16)13-7-5-11(3)6-8-13/h5-8,10,12,14H,9H2,1-4H3/t12-/m0/s1. The Kier molecular flexibility index (Phi) is 4.71. The van der Waals surface area contributed by atoms with E-state index in [4.69, 9.17) is 0 Å². The number of aryl methyl sites for hydroxylation is 1. The average Bonchev–Trinajstić information content (AvgIpc) is 2.15. The third kappa shape index (κ3) is 4.48. The molecule has 3 nitrogen and oxygen atoms in total. The predicted octanol–water partition coefficient (Wildman–Crippen LogP) is 2.71. The molecule has 0 radical (unpaired) electrons. The molecule has 0 bridgehead atoms. The highest BCUT2D eigenvalue weighted by Crippen LogP contribution is 2.12. The molecular formula is C13H21NO2S. The van der Waals surface area contributed by atoms with E-state index in [0.29, 0.717) is 10.8 Å². The molecule has 17 heavy (non-hydrogen) atoms. The van der Waals surface area contributed by atoms with Crippen LogP contribution in [0.15, 0.2) is 29.2 Å². The van der Waals surface area contributed by atoms with Crippen molar-refractivity contribution < 1.29 is 8.42 Å². The molecule has 0 aliphatic rings. The number of benzene rings is 1. The van der Waals surface area contributed by atoms with E-state index in [1.807, 2.05) is 26.0 Å². The quantitative estimate of drug-likeness (QED) is 0.879. The van der Waals surface area contributed by atoms with Gasteiger partial charge < -0.3 is 0 Å². The van der Waals surface area contributed by atoms with E-state index in [9.17, 15) is 8.42 Å². The van der Waals surface area contributed by atoms with Gasteiger partial charge in [0, 0.05) is 6.04 Å². The van der Waals surface area contributed by atoms with Gasteiger partial charge in [-0.15, -0.1) is 0 Å². The Morgan fingerprint density at radius 1 is 1.12 bits per heavy atom. The highest BCUT2D eigenvalue weighted by Gasteiger charge is 2.17. The zero-order valence-electron chi connectivity index (χ0n) is 10.9. The fourth-order valence-corrected chi connectivity index (χ4v) is 3.06. The Morgan fingerprint density at radius 3 is 2.12 bits per heavy atom. The van der Waals surface area contributed by atoms with Crippen LogP contribution in [0.3, 0.4) is 0 Å². The summed E-state index contributed by atoms with van der Waals surface area (Å²) in [5.74, 6) is 0.478. The Labute approximate surface area is 104 Å². The van der Waals surface area contributed by atoms with Gasteiger partial charge in [0.1, 0.15) is 0 Å². The van der Waals surface area contributed by atoms with E-state index in [0.717, 1.165) is 12.0 Å².